The Kier molecular flexibility index (Phi) is 2.83. The van der Waals surface area contributed by atoms with Gasteiger partial charge in [0, 0.05) is 23.3 Å². The van der Waals surface area contributed by atoms with Gasteiger partial charge in [0.2, 0.25) is 0 Å². The fraction of sp³-hybridized carbons (Fsp3) is 0.111. The monoisotopic (exact) mass is 207 g/mol. The molecule has 0 spiro atoms. The van der Waals surface area contributed by atoms with Crippen molar-refractivity contribution in [3.63, 3.8) is 0 Å². The SMILES string of the molecule is NOCc1csc(-c2ccncc2)n1. The highest BCUT2D eigenvalue weighted by Gasteiger charge is 2.03. The highest BCUT2D eigenvalue weighted by atomic mass is 32.1. The third kappa shape index (κ3) is 1.95. The van der Waals surface area contributed by atoms with Crippen LogP contribution in [0.5, 0.6) is 0 Å². The highest BCUT2D eigenvalue weighted by Crippen LogP contribution is 2.22. The van der Waals surface area contributed by atoms with Crippen LogP contribution in [-0.2, 0) is 11.4 Å². The molecule has 4 nitrogen and oxygen atoms in total. The summed E-state index contributed by atoms with van der Waals surface area (Å²) in [6, 6.07) is 3.85. The van der Waals surface area contributed by atoms with E-state index in [-0.39, 0.29) is 0 Å². The highest BCUT2D eigenvalue weighted by molar-refractivity contribution is 7.13. The average molecular weight is 207 g/mol. The molecular formula is C9H9N3OS. The van der Waals surface area contributed by atoms with E-state index in [4.69, 9.17) is 5.90 Å². The van der Waals surface area contributed by atoms with Crippen molar-refractivity contribution in [2.75, 3.05) is 0 Å². The second kappa shape index (κ2) is 4.28. The van der Waals surface area contributed by atoms with Crippen LogP contribution in [0.3, 0.4) is 0 Å². The van der Waals surface area contributed by atoms with Crippen molar-refractivity contribution < 1.29 is 4.84 Å². The predicted octanol–water partition coefficient (Wildman–Crippen LogP) is 1.60. The molecule has 0 fully saturated rings. The van der Waals surface area contributed by atoms with Gasteiger partial charge >= 0.3 is 0 Å². The topological polar surface area (TPSA) is 61.0 Å². The molecule has 0 amide bonds. The zero-order valence-electron chi connectivity index (χ0n) is 7.38. The van der Waals surface area contributed by atoms with E-state index >= 15 is 0 Å². The van der Waals surface area contributed by atoms with E-state index in [2.05, 4.69) is 14.8 Å². The van der Waals surface area contributed by atoms with Crippen LogP contribution in [0.4, 0.5) is 0 Å². The minimum Gasteiger partial charge on any atom is -0.298 e. The molecule has 72 valence electrons. The number of thiazole rings is 1. The molecule has 2 heterocycles. The van der Waals surface area contributed by atoms with Gasteiger partial charge in [-0.25, -0.2) is 10.9 Å². The summed E-state index contributed by atoms with van der Waals surface area (Å²) in [6.45, 7) is 0.349. The summed E-state index contributed by atoms with van der Waals surface area (Å²) < 4.78 is 0. The summed E-state index contributed by atoms with van der Waals surface area (Å²) in [4.78, 5) is 12.8. The normalized spacial score (nSPS) is 10.4. The summed E-state index contributed by atoms with van der Waals surface area (Å²) in [5.74, 6) is 4.96. The van der Waals surface area contributed by atoms with E-state index in [1.807, 2.05) is 17.5 Å². The van der Waals surface area contributed by atoms with Gasteiger partial charge in [-0.05, 0) is 12.1 Å². The van der Waals surface area contributed by atoms with Gasteiger partial charge in [0.15, 0.2) is 0 Å². The first-order chi connectivity index (χ1) is 6.90. The van der Waals surface area contributed by atoms with Crippen LogP contribution in [0.25, 0.3) is 10.6 Å². The van der Waals surface area contributed by atoms with Gasteiger partial charge in [-0.3, -0.25) is 9.82 Å². The van der Waals surface area contributed by atoms with Gasteiger partial charge in [0.1, 0.15) is 11.6 Å². The minimum atomic E-state index is 0.349. The second-order valence-electron chi connectivity index (χ2n) is 2.69. The second-order valence-corrected chi connectivity index (χ2v) is 3.55. The number of rotatable bonds is 3. The third-order valence-electron chi connectivity index (χ3n) is 1.71. The van der Waals surface area contributed by atoms with Crippen molar-refractivity contribution in [2.24, 2.45) is 5.90 Å². The lowest BCUT2D eigenvalue weighted by Gasteiger charge is -1.93. The van der Waals surface area contributed by atoms with Gasteiger partial charge in [-0.15, -0.1) is 11.3 Å². The van der Waals surface area contributed by atoms with Gasteiger partial charge < -0.3 is 0 Å². The Morgan fingerprint density at radius 1 is 1.36 bits per heavy atom. The Labute approximate surface area is 85.3 Å². The summed E-state index contributed by atoms with van der Waals surface area (Å²) >= 11 is 1.57. The van der Waals surface area contributed by atoms with E-state index in [9.17, 15) is 0 Å². The smallest absolute Gasteiger partial charge is 0.123 e. The molecular weight excluding hydrogens is 198 g/mol. The van der Waals surface area contributed by atoms with Gasteiger partial charge in [0.05, 0.1) is 5.69 Å². The summed E-state index contributed by atoms with van der Waals surface area (Å²) in [7, 11) is 0. The van der Waals surface area contributed by atoms with E-state index in [1.54, 1.807) is 23.7 Å². The Hall–Kier alpha value is -1.30. The zero-order chi connectivity index (χ0) is 9.80. The molecule has 14 heavy (non-hydrogen) atoms. The third-order valence-corrected chi connectivity index (χ3v) is 2.65. The van der Waals surface area contributed by atoms with Crippen LogP contribution < -0.4 is 5.90 Å². The van der Waals surface area contributed by atoms with Crippen molar-refractivity contribution in [3.05, 3.63) is 35.6 Å². The molecule has 0 atom stereocenters. The first-order valence-electron chi connectivity index (χ1n) is 4.06. The molecule has 2 rings (SSSR count). The molecule has 0 unspecified atom stereocenters. The van der Waals surface area contributed by atoms with Gasteiger partial charge in [-0.1, -0.05) is 0 Å². The summed E-state index contributed by atoms with van der Waals surface area (Å²) in [5.41, 5.74) is 1.91. The molecule has 2 N–H and O–H groups in total. The zero-order valence-corrected chi connectivity index (χ0v) is 8.20. The van der Waals surface area contributed by atoms with Crippen LogP contribution in [0.15, 0.2) is 29.9 Å². The molecule has 0 aliphatic carbocycles. The number of nitrogens with zero attached hydrogens (tertiary/aromatic N) is 2. The van der Waals surface area contributed by atoms with E-state index < -0.39 is 0 Å². The maximum atomic E-state index is 4.96. The predicted molar refractivity (Wildman–Crippen MR) is 54.3 cm³/mol. The van der Waals surface area contributed by atoms with Crippen LogP contribution >= 0.6 is 11.3 Å². The molecule has 0 saturated carbocycles. The molecule has 2 aromatic rings. The van der Waals surface area contributed by atoms with Crippen molar-refractivity contribution in [1.82, 2.24) is 9.97 Å². The van der Waals surface area contributed by atoms with Crippen LogP contribution in [0.1, 0.15) is 5.69 Å². The Balaban J connectivity index is 2.25. The standard InChI is InChI=1S/C9H9N3OS/c10-13-5-8-6-14-9(12-8)7-1-3-11-4-2-7/h1-4,6H,5,10H2. The molecule has 0 bridgehead atoms. The molecule has 0 aliphatic rings. The molecule has 5 heteroatoms. The summed E-state index contributed by atoms with van der Waals surface area (Å²) in [5, 5.41) is 2.89. The molecule has 2 aromatic heterocycles. The molecule has 0 radical (unpaired) electrons. The van der Waals surface area contributed by atoms with Crippen LogP contribution in [-0.4, -0.2) is 9.97 Å². The number of nitrogens with two attached hydrogens (primary N) is 1. The van der Waals surface area contributed by atoms with Crippen molar-refractivity contribution in [2.45, 2.75) is 6.61 Å². The van der Waals surface area contributed by atoms with Gasteiger partial charge in [0.25, 0.3) is 0 Å². The maximum absolute atomic E-state index is 4.96. The number of pyridine rings is 1. The number of aromatic nitrogens is 2. The van der Waals surface area contributed by atoms with Gasteiger partial charge in [-0.2, -0.15) is 0 Å². The lowest BCUT2D eigenvalue weighted by molar-refractivity contribution is 0.122. The van der Waals surface area contributed by atoms with Crippen molar-refractivity contribution in [1.29, 1.82) is 0 Å². The largest absolute Gasteiger partial charge is 0.298 e. The maximum Gasteiger partial charge on any atom is 0.123 e. The quantitative estimate of drug-likeness (QED) is 0.776. The van der Waals surface area contributed by atoms with E-state index in [0.29, 0.717) is 6.61 Å². The minimum absolute atomic E-state index is 0.349. The van der Waals surface area contributed by atoms with Crippen LogP contribution in [0, 0.1) is 0 Å². The van der Waals surface area contributed by atoms with E-state index in [0.717, 1.165) is 16.3 Å². The van der Waals surface area contributed by atoms with Crippen molar-refractivity contribution >= 4 is 11.3 Å². The first kappa shape index (κ1) is 9.26. The Morgan fingerprint density at radius 2 is 2.14 bits per heavy atom. The van der Waals surface area contributed by atoms with Crippen LogP contribution in [0.2, 0.25) is 0 Å². The molecule has 0 saturated heterocycles. The Bertz CT molecular complexity index is 401. The molecule has 0 aromatic carbocycles. The first-order valence-corrected chi connectivity index (χ1v) is 4.94. The van der Waals surface area contributed by atoms with E-state index in [1.165, 1.54) is 0 Å². The number of hydrogen-bond acceptors (Lipinski definition) is 5. The number of hydrogen-bond donors (Lipinski definition) is 1. The molecule has 0 aliphatic heterocycles. The van der Waals surface area contributed by atoms with Crippen molar-refractivity contribution in [3.8, 4) is 10.6 Å². The average Bonchev–Trinajstić information content (AvgIpc) is 2.68. The fourth-order valence-corrected chi connectivity index (χ4v) is 1.90. The lowest BCUT2D eigenvalue weighted by atomic mass is 10.3. The Morgan fingerprint density at radius 3 is 2.86 bits per heavy atom. The lowest BCUT2D eigenvalue weighted by Crippen LogP contribution is -1.98. The fourth-order valence-electron chi connectivity index (χ4n) is 1.09. The summed E-state index contributed by atoms with van der Waals surface area (Å²) in [6.07, 6.45) is 3.49.